The van der Waals surface area contributed by atoms with Crippen molar-refractivity contribution in [2.75, 3.05) is 47.5 Å². The molecule has 0 radical (unpaired) electrons. The zero-order valence-electron chi connectivity index (χ0n) is 38.2. The van der Waals surface area contributed by atoms with E-state index in [1.165, 1.54) is 44.9 Å². The number of hydrogen-bond acceptors (Lipinski definition) is 8. The monoisotopic (exact) mass is 848 g/mol. The number of allylic oxidation sites excluding steroid dienone is 12. The van der Waals surface area contributed by atoms with E-state index in [1.807, 2.05) is 21.1 Å². The summed E-state index contributed by atoms with van der Waals surface area (Å²) in [6.07, 6.45) is 50.8. The van der Waals surface area contributed by atoms with E-state index in [2.05, 4.69) is 86.8 Å². The Kier molecular flexibility index (Phi) is 39.1. The minimum Gasteiger partial charge on any atom is -0.756 e. The lowest BCUT2D eigenvalue weighted by Crippen LogP contribution is -2.37. The fraction of sp³-hybridized carbons (Fsp3) is 0.714. The average molecular weight is 848 g/mol. The Labute approximate surface area is 361 Å². The summed E-state index contributed by atoms with van der Waals surface area (Å²) < 4.78 is 33.9. The highest BCUT2D eigenvalue weighted by Crippen LogP contribution is 2.38. The number of esters is 2. The van der Waals surface area contributed by atoms with E-state index < -0.39 is 32.5 Å². The molecule has 0 amide bonds. The molecule has 0 aromatic rings. The van der Waals surface area contributed by atoms with Crippen molar-refractivity contribution in [3.05, 3.63) is 72.9 Å². The number of rotatable bonds is 41. The van der Waals surface area contributed by atoms with Gasteiger partial charge in [0.25, 0.3) is 7.82 Å². The fourth-order valence-electron chi connectivity index (χ4n) is 5.89. The van der Waals surface area contributed by atoms with Crippen LogP contribution in [0.15, 0.2) is 72.9 Å². The van der Waals surface area contributed by atoms with E-state index in [-0.39, 0.29) is 26.1 Å². The lowest BCUT2D eigenvalue weighted by Gasteiger charge is -2.28. The number of carbonyl (C=O) groups is 2. The highest BCUT2D eigenvalue weighted by atomic mass is 31.2. The summed E-state index contributed by atoms with van der Waals surface area (Å²) >= 11 is 0. The molecule has 0 fully saturated rings. The Bertz CT molecular complexity index is 1230. The Hall–Kier alpha value is -2.55. The lowest BCUT2D eigenvalue weighted by molar-refractivity contribution is -0.870. The second-order valence-corrected chi connectivity index (χ2v) is 17.8. The molecule has 0 bridgehead atoms. The van der Waals surface area contributed by atoms with Gasteiger partial charge in [-0.2, -0.15) is 0 Å². The third kappa shape index (κ3) is 44.8. The van der Waals surface area contributed by atoms with Gasteiger partial charge in [-0.3, -0.25) is 14.2 Å². The molecule has 0 saturated heterocycles. The number of unbranched alkanes of at least 4 members (excludes halogenated alkanes) is 15. The molecule has 10 heteroatoms. The first-order chi connectivity index (χ1) is 28.5. The fourth-order valence-corrected chi connectivity index (χ4v) is 6.62. The van der Waals surface area contributed by atoms with Crippen LogP contribution in [-0.4, -0.2) is 70.0 Å². The van der Waals surface area contributed by atoms with E-state index in [0.29, 0.717) is 17.4 Å². The first-order valence-electron chi connectivity index (χ1n) is 23.1. The van der Waals surface area contributed by atoms with Crippen LogP contribution >= 0.6 is 7.82 Å². The van der Waals surface area contributed by atoms with E-state index in [0.717, 1.165) is 96.3 Å². The second-order valence-electron chi connectivity index (χ2n) is 16.4. The molecule has 0 aliphatic heterocycles. The van der Waals surface area contributed by atoms with Gasteiger partial charge < -0.3 is 27.9 Å². The van der Waals surface area contributed by atoms with Crippen LogP contribution in [0.2, 0.25) is 0 Å². The molecular weight excluding hydrogens is 762 g/mol. The van der Waals surface area contributed by atoms with Gasteiger partial charge in [0.05, 0.1) is 27.7 Å². The molecule has 0 N–H and O–H groups in total. The summed E-state index contributed by atoms with van der Waals surface area (Å²) in [6, 6.07) is 0. The highest BCUT2D eigenvalue weighted by molar-refractivity contribution is 7.45. The summed E-state index contributed by atoms with van der Waals surface area (Å²) in [6.45, 7) is 4.07. The number of hydrogen-bond donors (Lipinski definition) is 0. The number of quaternary nitrogens is 1. The predicted molar refractivity (Wildman–Crippen MR) is 245 cm³/mol. The summed E-state index contributed by atoms with van der Waals surface area (Å²) in [5.41, 5.74) is 0. The van der Waals surface area contributed by atoms with Gasteiger partial charge in [-0.15, -0.1) is 0 Å². The molecule has 340 valence electrons. The lowest BCUT2D eigenvalue weighted by atomic mass is 10.1. The molecule has 59 heavy (non-hydrogen) atoms. The molecule has 0 aromatic carbocycles. The third-order valence-electron chi connectivity index (χ3n) is 9.49. The first kappa shape index (κ1) is 56.5. The zero-order chi connectivity index (χ0) is 43.6. The van der Waals surface area contributed by atoms with Crippen LogP contribution in [-0.2, 0) is 32.7 Å². The third-order valence-corrected chi connectivity index (χ3v) is 10.5. The van der Waals surface area contributed by atoms with Gasteiger partial charge in [-0.25, -0.2) is 0 Å². The van der Waals surface area contributed by atoms with Crippen LogP contribution in [0.25, 0.3) is 0 Å². The SMILES string of the molecule is CC/C=C\C/C=C\C/C=C\C/C=C\C/C=C\C/C=C\CCCCCCCCC(=O)OC(COC(=O)CCCCCCCCCCCC)COP(=O)([O-])OCC[N+](C)(C)C. The number of ether oxygens (including phenoxy) is 2. The van der Waals surface area contributed by atoms with Gasteiger partial charge in [0.2, 0.25) is 0 Å². The predicted octanol–water partition coefficient (Wildman–Crippen LogP) is 12.8. The van der Waals surface area contributed by atoms with Crippen molar-refractivity contribution < 1.29 is 42.1 Å². The molecule has 0 rings (SSSR count). The molecule has 0 heterocycles. The molecule has 9 nitrogen and oxygen atoms in total. The topological polar surface area (TPSA) is 111 Å². The average Bonchev–Trinajstić information content (AvgIpc) is 3.19. The van der Waals surface area contributed by atoms with Crippen LogP contribution < -0.4 is 4.89 Å². The minimum absolute atomic E-state index is 0.0366. The molecule has 0 aliphatic rings. The van der Waals surface area contributed by atoms with Gasteiger partial charge in [0.15, 0.2) is 6.10 Å². The van der Waals surface area contributed by atoms with Crippen molar-refractivity contribution in [1.29, 1.82) is 0 Å². The summed E-state index contributed by atoms with van der Waals surface area (Å²) in [7, 11) is 1.15. The van der Waals surface area contributed by atoms with Gasteiger partial charge in [0, 0.05) is 12.8 Å². The van der Waals surface area contributed by atoms with Crippen molar-refractivity contribution in [3.8, 4) is 0 Å². The van der Waals surface area contributed by atoms with Crippen LogP contribution in [0.4, 0.5) is 0 Å². The van der Waals surface area contributed by atoms with Crippen molar-refractivity contribution in [3.63, 3.8) is 0 Å². The molecule has 0 aliphatic carbocycles. The van der Waals surface area contributed by atoms with E-state index in [1.54, 1.807) is 0 Å². The zero-order valence-corrected chi connectivity index (χ0v) is 39.1. The maximum absolute atomic E-state index is 12.7. The molecule has 0 aromatic heterocycles. The highest BCUT2D eigenvalue weighted by Gasteiger charge is 2.21. The van der Waals surface area contributed by atoms with Gasteiger partial charge >= 0.3 is 11.9 Å². The quantitative estimate of drug-likeness (QED) is 0.0197. The smallest absolute Gasteiger partial charge is 0.306 e. The summed E-state index contributed by atoms with van der Waals surface area (Å²) in [5.74, 6) is -0.857. The van der Waals surface area contributed by atoms with Crippen molar-refractivity contribution in [2.24, 2.45) is 0 Å². The number of carbonyl (C=O) groups excluding carboxylic acids is 2. The van der Waals surface area contributed by atoms with Crippen LogP contribution in [0.1, 0.15) is 174 Å². The summed E-state index contributed by atoms with van der Waals surface area (Å²) in [4.78, 5) is 37.5. The Morgan fingerprint density at radius 1 is 0.542 bits per heavy atom. The van der Waals surface area contributed by atoms with Gasteiger partial charge in [-0.05, 0) is 64.2 Å². The van der Waals surface area contributed by atoms with Crippen molar-refractivity contribution in [2.45, 2.75) is 180 Å². The Balaban J connectivity index is 4.29. The Morgan fingerprint density at radius 2 is 0.966 bits per heavy atom. The molecule has 0 spiro atoms. The van der Waals surface area contributed by atoms with E-state index in [9.17, 15) is 19.0 Å². The van der Waals surface area contributed by atoms with Crippen LogP contribution in [0, 0.1) is 0 Å². The van der Waals surface area contributed by atoms with Crippen molar-refractivity contribution >= 4 is 19.8 Å². The summed E-state index contributed by atoms with van der Waals surface area (Å²) in [5, 5.41) is 0. The number of nitrogens with zero attached hydrogens (tertiary/aromatic N) is 1. The molecule has 2 unspecified atom stereocenters. The maximum atomic E-state index is 12.7. The standard InChI is InChI=1S/C49H86NO8P/c1-6-8-10-12-14-16-18-19-20-21-22-23-24-25-26-27-28-29-30-31-32-34-36-38-40-42-49(52)58-47(46-57-59(53,54)56-44-43-50(3,4)5)45-55-48(51)41-39-37-35-33-17-15-13-11-9-7-2/h8,10,14,16,19-20,22-23,25-26,28-29,47H,6-7,9,11-13,15,17-18,21,24,27,30-46H2,1-5H3/b10-8-,16-14-,20-19-,23-22-,26-25-,29-28-. The number of phosphoric ester groups is 1. The maximum Gasteiger partial charge on any atom is 0.306 e. The normalized spacial score (nSPS) is 14.2. The number of likely N-dealkylation sites (N-methyl/N-ethyl adjacent to an activating group) is 1. The van der Waals surface area contributed by atoms with Crippen molar-refractivity contribution in [1.82, 2.24) is 0 Å². The second kappa shape index (κ2) is 40.8. The van der Waals surface area contributed by atoms with Gasteiger partial charge in [0.1, 0.15) is 19.8 Å². The Morgan fingerprint density at radius 3 is 1.44 bits per heavy atom. The first-order valence-corrected chi connectivity index (χ1v) is 24.6. The minimum atomic E-state index is -4.63. The largest absolute Gasteiger partial charge is 0.756 e. The van der Waals surface area contributed by atoms with Crippen LogP contribution in [0.5, 0.6) is 0 Å². The van der Waals surface area contributed by atoms with Crippen LogP contribution in [0.3, 0.4) is 0 Å². The molecule has 0 saturated carbocycles. The molecule has 2 atom stereocenters. The number of phosphoric acid groups is 1. The van der Waals surface area contributed by atoms with Gasteiger partial charge in [-0.1, -0.05) is 170 Å². The van der Waals surface area contributed by atoms with E-state index >= 15 is 0 Å². The van der Waals surface area contributed by atoms with E-state index in [4.69, 9.17) is 18.5 Å². The molecular formula is C49H86NO8P.